The van der Waals surface area contributed by atoms with Gasteiger partial charge in [0.25, 0.3) is 0 Å². The van der Waals surface area contributed by atoms with Crippen LogP contribution in [0.1, 0.15) is 44.6 Å². The van der Waals surface area contributed by atoms with Gasteiger partial charge in [-0.15, -0.1) is 0 Å². The highest BCUT2D eigenvalue weighted by atomic mass is 16.7. The molecule has 120 valence electrons. The van der Waals surface area contributed by atoms with E-state index in [4.69, 9.17) is 15.2 Å². The second kappa shape index (κ2) is 7.68. The smallest absolute Gasteiger partial charge is 0.430 e. The molecule has 1 saturated carbocycles. The Morgan fingerprint density at radius 1 is 1.23 bits per heavy atom. The van der Waals surface area contributed by atoms with Gasteiger partial charge in [0.05, 0.1) is 18.9 Å². The first-order chi connectivity index (χ1) is 10.6. The summed E-state index contributed by atoms with van der Waals surface area (Å²) in [6.45, 7) is 1.73. The first kappa shape index (κ1) is 16.1. The third-order valence-corrected chi connectivity index (χ3v) is 3.70. The molecule has 0 heterocycles. The van der Waals surface area contributed by atoms with Crippen molar-refractivity contribution in [3.05, 3.63) is 23.8 Å². The fraction of sp³-hybridized carbons (Fsp3) is 0.500. The van der Waals surface area contributed by atoms with Gasteiger partial charge in [-0.1, -0.05) is 11.6 Å². The molecular formula is C16H22N2O4. The molecular weight excluding hydrogens is 284 g/mol. The van der Waals surface area contributed by atoms with E-state index in [0.717, 1.165) is 18.4 Å². The molecule has 6 heteroatoms. The molecule has 22 heavy (non-hydrogen) atoms. The number of hydrogen-bond acceptors (Lipinski definition) is 5. The van der Waals surface area contributed by atoms with Crippen LogP contribution in [0, 0.1) is 0 Å². The molecule has 1 aromatic rings. The van der Waals surface area contributed by atoms with Crippen molar-refractivity contribution in [2.75, 3.05) is 7.11 Å². The standard InChI is InChI=1S/C16H22N2O4/c1-11(18-22-16(17)19)12-8-9-14(20-2)15(10-12)21-13-6-4-3-5-7-13/h8-10,13H,3-7H2,1-2H3,(H2,17,19)/b18-11+. The molecule has 1 aromatic carbocycles. The molecule has 0 radical (unpaired) electrons. The van der Waals surface area contributed by atoms with Gasteiger partial charge in [0.15, 0.2) is 11.5 Å². The quantitative estimate of drug-likeness (QED) is 0.514. The Balaban J connectivity index is 2.17. The normalized spacial score (nSPS) is 16.2. The lowest BCUT2D eigenvalue weighted by atomic mass is 9.98. The van der Waals surface area contributed by atoms with Crippen LogP contribution in [-0.2, 0) is 4.84 Å². The van der Waals surface area contributed by atoms with Crippen LogP contribution in [0.5, 0.6) is 11.5 Å². The number of benzene rings is 1. The van der Waals surface area contributed by atoms with E-state index in [1.54, 1.807) is 14.0 Å². The lowest BCUT2D eigenvalue weighted by Crippen LogP contribution is -2.20. The SMILES string of the molecule is COc1ccc(/C(C)=N/OC(N)=O)cc1OC1CCCCC1. The number of carbonyl (C=O) groups excluding carboxylic acids is 1. The number of amides is 1. The minimum Gasteiger partial charge on any atom is -0.493 e. The van der Waals surface area contributed by atoms with Gasteiger partial charge in [0, 0.05) is 5.56 Å². The molecule has 2 rings (SSSR count). The van der Waals surface area contributed by atoms with E-state index in [1.165, 1.54) is 19.3 Å². The summed E-state index contributed by atoms with van der Waals surface area (Å²) in [5, 5.41) is 3.68. The molecule has 1 aliphatic carbocycles. The maximum absolute atomic E-state index is 10.6. The molecule has 0 saturated heterocycles. The number of nitrogens with zero attached hydrogens (tertiary/aromatic N) is 1. The average molecular weight is 306 g/mol. The fourth-order valence-corrected chi connectivity index (χ4v) is 2.52. The molecule has 1 fully saturated rings. The molecule has 0 aliphatic heterocycles. The number of nitrogens with two attached hydrogens (primary N) is 1. The Kier molecular flexibility index (Phi) is 5.63. The second-order valence-corrected chi connectivity index (χ2v) is 5.33. The Morgan fingerprint density at radius 3 is 2.59 bits per heavy atom. The number of ether oxygens (including phenoxy) is 2. The minimum atomic E-state index is -0.938. The molecule has 1 aliphatic rings. The zero-order valence-electron chi connectivity index (χ0n) is 13.0. The summed E-state index contributed by atoms with van der Waals surface area (Å²) < 4.78 is 11.4. The number of rotatable bonds is 5. The van der Waals surface area contributed by atoms with Gasteiger partial charge >= 0.3 is 6.09 Å². The lowest BCUT2D eigenvalue weighted by molar-refractivity contribution is 0.149. The summed E-state index contributed by atoms with van der Waals surface area (Å²) in [5.41, 5.74) is 6.23. The van der Waals surface area contributed by atoms with Crippen LogP contribution in [0.2, 0.25) is 0 Å². The minimum absolute atomic E-state index is 0.219. The van der Waals surface area contributed by atoms with Crippen LogP contribution in [-0.4, -0.2) is 25.0 Å². The van der Waals surface area contributed by atoms with Gasteiger partial charge in [0.2, 0.25) is 0 Å². The number of primary amides is 1. The summed E-state index contributed by atoms with van der Waals surface area (Å²) in [5.74, 6) is 1.36. The zero-order chi connectivity index (χ0) is 15.9. The molecule has 1 amide bonds. The monoisotopic (exact) mass is 306 g/mol. The topological polar surface area (TPSA) is 83.1 Å². The highest BCUT2D eigenvalue weighted by Gasteiger charge is 2.17. The Bertz CT molecular complexity index is 551. The fourth-order valence-electron chi connectivity index (χ4n) is 2.52. The van der Waals surface area contributed by atoms with Crippen molar-refractivity contribution in [1.29, 1.82) is 0 Å². The van der Waals surface area contributed by atoms with Crippen molar-refractivity contribution in [3.63, 3.8) is 0 Å². The average Bonchev–Trinajstić information content (AvgIpc) is 2.53. The third kappa shape index (κ3) is 4.38. The summed E-state index contributed by atoms with van der Waals surface area (Å²) >= 11 is 0. The maximum Gasteiger partial charge on any atom is 0.430 e. The van der Waals surface area contributed by atoms with Gasteiger partial charge in [-0.2, -0.15) is 0 Å². The van der Waals surface area contributed by atoms with Crippen LogP contribution >= 0.6 is 0 Å². The second-order valence-electron chi connectivity index (χ2n) is 5.33. The number of oxime groups is 1. The largest absolute Gasteiger partial charge is 0.493 e. The molecule has 0 spiro atoms. The van der Waals surface area contributed by atoms with Crippen LogP contribution < -0.4 is 15.2 Å². The predicted octanol–water partition coefficient (Wildman–Crippen LogP) is 3.23. The molecule has 2 N–H and O–H groups in total. The molecule has 0 unspecified atom stereocenters. The van der Waals surface area contributed by atoms with Gasteiger partial charge in [-0.3, -0.25) is 4.84 Å². The van der Waals surface area contributed by atoms with Crippen molar-refractivity contribution in [2.45, 2.75) is 45.1 Å². The van der Waals surface area contributed by atoms with E-state index in [2.05, 4.69) is 9.99 Å². The summed E-state index contributed by atoms with van der Waals surface area (Å²) in [4.78, 5) is 15.1. The van der Waals surface area contributed by atoms with E-state index in [9.17, 15) is 4.79 Å². The van der Waals surface area contributed by atoms with Gasteiger partial charge in [-0.05, 0) is 50.8 Å². The van der Waals surface area contributed by atoms with Crippen molar-refractivity contribution in [3.8, 4) is 11.5 Å². The zero-order valence-corrected chi connectivity index (χ0v) is 13.0. The van der Waals surface area contributed by atoms with E-state index in [1.807, 2.05) is 18.2 Å². The first-order valence-electron chi connectivity index (χ1n) is 7.46. The lowest BCUT2D eigenvalue weighted by Gasteiger charge is -2.24. The Morgan fingerprint density at radius 2 is 1.95 bits per heavy atom. The maximum atomic E-state index is 10.6. The first-order valence-corrected chi connectivity index (χ1v) is 7.46. The van der Waals surface area contributed by atoms with Crippen LogP contribution in [0.4, 0.5) is 4.79 Å². The molecule has 0 bridgehead atoms. The highest BCUT2D eigenvalue weighted by Crippen LogP contribution is 2.32. The van der Waals surface area contributed by atoms with Gasteiger partial charge in [-0.25, -0.2) is 4.79 Å². The van der Waals surface area contributed by atoms with E-state index < -0.39 is 6.09 Å². The summed E-state index contributed by atoms with van der Waals surface area (Å²) in [6, 6.07) is 5.49. The molecule has 0 aromatic heterocycles. The molecule has 6 nitrogen and oxygen atoms in total. The number of carbonyl (C=O) groups is 1. The van der Waals surface area contributed by atoms with Crippen molar-refractivity contribution < 1.29 is 19.1 Å². The van der Waals surface area contributed by atoms with Crippen LogP contribution in [0.15, 0.2) is 23.4 Å². The van der Waals surface area contributed by atoms with E-state index in [0.29, 0.717) is 17.2 Å². The number of hydrogen-bond donors (Lipinski definition) is 1. The van der Waals surface area contributed by atoms with E-state index >= 15 is 0 Å². The van der Waals surface area contributed by atoms with Crippen molar-refractivity contribution >= 4 is 11.8 Å². The Labute approximate surface area is 130 Å². The summed E-state index contributed by atoms with van der Waals surface area (Å²) in [7, 11) is 1.61. The molecule has 0 atom stereocenters. The van der Waals surface area contributed by atoms with Crippen LogP contribution in [0.3, 0.4) is 0 Å². The van der Waals surface area contributed by atoms with Crippen molar-refractivity contribution in [2.24, 2.45) is 10.9 Å². The van der Waals surface area contributed by atoms with Crippen LogP contribution in [0.25, 0.3) is 0 Å². The predicted molar refractivity (Wildman–Crippen MR) is 83.4 cm³/mol. The Hall–Kier alpha value is -2.24. The summed E-state index contributed by atoms with van der Waals surface area (Å²) in [6.07, 6.45) is 5.06. The third-order valence-electron chi connectivity index (χ3n) is 3.70. The van der Waals surface area contributed by atoms with Gasteiger partial charge < -0.3 is 15.2 Å². The number of methoxy groups -OCH3 is 1. The van der Waals surface area contributed by atoms with Gasteiger partial charge in [0.1, 0.15) is 0 Å². The van der Waals surface area contributed by atoms with E-state index in [-0.39, 0.29) is 6.10 Å². The highest BCUT2D eigenvalue weighted by molar-refractivity contribution is 5.99. The van der Waals surface area contributed by atoms with Crippen molar-refractivity contribution in [1.82, 2.24) is 0 Å².